The van der Waals surface area contributed by atoms with E-state index in [2.05, 4.69) is 20.8 Å². The van der Waals surface area contributed by atoms with Crippen molar-refractivity contribution in [2.75, 3.05) is 13.2 Å². The molecule has 60 valence electrons. The van der Waals surface area contributed by atoms with E-state index < -0.39 is 0 Å². The number of ether oxygens (including phenoxy) is 2. The molecule has 0 spiro atoms. The van der Waals surface area contributed by atoms with Crippen LogP contribution in [0, 0.1) is 0 Å². The highest BCUT2D eigenvalue weighted by molar-refractivity contribution is 4.75. The quantitative estimate of drug-likeness (QED) is 0.481. The highest BCUT2D eigenvalue weighted by atomic mass is 16.6. The zero-order valence-electron chi connectivity index (χ0n) is 7.02. The maximum atomic E-state index is 5.12. The van der Waals surface area contributed by atoms with Crippen molar-refractivity contribution in [3.05, 3.63) is 0 Å². The lowest BCUT2D eigenvalue weighted by Crippen LogP contribution is -2.36. The summed E-state index contributed by atoms with van der Waals surface area (Å²) in [6.45, 7) is 8.22. The van der Waals surface area contributed by atoms with Gasteiger partial charge >= 0.3 is 0 Å². The molecule has 2 fully saturated rings. The van der Waals surface area contributed by atoms with Crippen LogP contribution >= 0.6 is 0 Å². The Hall–Kier alpha value is -0.0800. The van der Waals surface area contributed by atoms with Crippen LogP contribution in [0.5, 0.6) is 0 Å². The monoisotopic (exact) mass is 144 g/mol. The zero-order valence-corrected chi connectivity index (χ0v) is 7.02. The maximum Gasteiger partial charge on any atom is 0.0781 e. The van der Waals surface area contributed by atoms with Crippen LogP contribution in [0.4, 0.5) is 0 Å². The second-order valence-corrected chi connectivity index (χ2v) is 3.50. The molecule has 0 aromatic heterocycles. The van der Waals surface area contributed by atoms with Crippen LogP contribution in [0.15, 0.2) is 0 Å². The van der Waals surface area contributed by atoms with Crippen LogP contribution in [0.2, 0.25) is 0 Å². The molecule has 0 amide bonds. The zero-order chi connectivity index (χ0) is 7.61. The van der Waals surface area contributed by atoms with Gasteiger partial charge in [-0.1, -0.05) is 0 Å². The van der Waals surface area contributed by atoms with Gasteiger partial charge in [0.25, 0.3) is 0 Å². The number of hydrogen-bond acceptors (Lipinski definition) is 2. The Labute approximate surface area is 62.5 Å². The molecular formula is C8H16O2. The van der Waals surface area contributed by atoms with Gasteiger partial charge in [-0.3, -0.25) is 0 Å². The van der Waals surface area contributed by atoms with Gasteiger partial charge in [0, 0.05) is 0 Å². The van der Waals surface area contributed by atoms with E-state index in [4.69, 9.17) is 9.47 Å². The predicted octanol–water partition coefficient (Wildman–Crippen LogP) is 1.59. The summed E-state index contributed by atoms with van der Waals surface area (Å²) in [5.74, 6) is 0. The van der Waals surface area contributed by atoms with E-state index in [0.717, 1.165) is 13.2 Å². The molecule has 0 aromatic rings. The van der Waals surface area contributed by atoms with E-state index in [0.29, 0.717) is 6.10 Å². The van der Waals surface area contributed by atoms with Crippen molar-refractivity contribution in [3.8, 4) is 0 Å². The molecule has 2 aliphatic heterocycles. The molecule has 2 rings (SSSR count). The predicted molar refractivity (Wildman–Crippen MR) is 40.1 cm³/mol. The molecule has 0 radical (unpaired) electrons. The second kappa shape index (κ2) is 2.89. The van der Waals surface area contributed by atoms with Crippen molar-refractivity contribution in [1.29, 1.82) is 0 Å². The Bertz CT molecular complexity index is 99.8. The Kier molecular flexibility index (Phi) is 2.32. The fourth-order valence-corrected chi connectivity index (χ4v) is 0.607. The van der Waals surface area contributed by atoms with Gasteiger partial charge in [0.05, 0.1) is 24.9 Å². The largest absolute Gasteiger partial charge is 0.375 e. The molecule has 10 heavy (non-hydrogen) atoms. The molecule has 2 heteroatoms. The fourth-order valence-electron chi connectivity index (χ4n) is 0.607. The summed E-state index contributed by atoms with van der Waals surface area (Å²) in [5, 5.41) is 0. The second-order valence-electron chi connectivity index (χ2n) is 3.50. The van der Waals surface area contributed by atoms with Gasteiger partial charge < -0.3 is 9.47 Å². The van der Waals surface area contributed by atoms with Crippen LogP contribution in [-0.2, 0) is 9.47 Å². The minimum atomic E-state index is 0.222. The summed E-state index contributed by atoms with van der Waals surface area (Å²) in [4.78, 5) is 0. The lowest BCUT2D eigenvalue weighted by atomic mass is 10.0. The minimum absolute atomic E-state index is 0.222. The van der Waals surface area contributed by atoms with Gasteiger partial charge in [0.15, 0.2) is 0 Å². The molecular weight excluding hydrogens is 128 g/mol. The average molecular weight is 144 g/mol. The van der Waals surface area contributed by atoms with Crippen molar-refractivity contribution < 1.29 is 9.47 Å². The van der Waals surface area contributed by atoms with Crippen molar-refractivity contribution in [2.45, 2.75) is 38.9 Å². The first-order valence-corrected chi connectivity index (χ1v) is 3.86. The normalized spacial score (nSPS) is 33.3. The highest BCUT2D eigenvalue weighted by Gasteiger charge is 2.26. The Morgan fingerprint density at radius 1 is 1.40 bits per heavy atom. The molecule has 2 nitrogen and oxygen atoms in total. The van der Waals surface area contributed by atoms with Crippen molar-refractivity contribution in [3.63, 3.8) is 0 Å². The van der Waals surface area contributed by atoms with E-state index in [-0.39, 0.29) is 5.60 Å². The first-order valence-electron chi connectivity index (χ1n) is 3.86. The first kappa shape index (κ1) is 8.02. The summed E-state index contributed by atoms with van der Waals surface area (Å²) in [7, 11) is 0. The van der Waals surface area contributed by atoms with Gasteiger partial charge in [-0.15, -0.1) is 0 Å². The highest BCUT2D eigenvalue weighted by Crippen LogP contribution is 2.23. The third kappa shape index (κ3) is 3.18. The summed E-state index contributed by atoms with van der Waals surface area (Å²) in [6.07, 6.45) is 1.81. The Morgan fingerprint density at radius 3 is 1.70 bits per heavy atom. The van der Waals surface area contributed by atoms with E-state index in [1.807, 2.05) is 0 Å². The lowest BCUT2D eigenvalue weighted by Gasteiger charge is -2.34. The third-order valence-electron chi connectivity index (χ3n) is 1.70. The molecule has 0 N–H and O–H groups in total. The molecule has 2 heterocycles. The van der Waals surface area contributed by atoms with Crippen LogP contribution in [0.1, 0.15) is 27.2 Å². The first-order chi connectivity index (χ1) is 4.60. The van der Waals surface area contributed by atoms with Crippen LogP contribution in [-0.4, -0.2) is 24.9 Å². The number of rotatable bonds is 0. The van der Waals surface area contributed by atoms with Gasteiger partial charge in [0.1, 0.15) is 0 Å². The lowest BCUT2D eigenvalue weighted by molar-refractivity contribution is -0.120. The van der Waals surface area contributed by atoms with Crippen LogP contribution < -0.4 is 0 Å². The molecule has 0 aromatic carbocycles. The number of epoxide rings is 1. The van der Waals surface area contributed by atoms with Gasteiger partial charge in [-0.25, -0.2) is 0 Å². The maximum absolute atomic E-state index is 5.12. The number of hydrogen-bond donors (Lipinski definition) is 0. The fraction of sp³-hybridized carbons (Fsp3) is 1.00. The molecule has 0 aliphatic carbocycles. The summed E-state index contributed by atoms with van der Waals surface area (Å²) in [6, 6.07) is 0. The minimum Gasteiger partial charge on any atom is -0.375 e. The SMILES string of the molecule is CC1(C)CCO1.CC1CO1. The smallest absolute Gasteiger partial charge is 0.0781 e. The van der Waals surface area contributed by atoms with Crippen molar-refractivity contribution in [2.24, 2.45) is 0 Å². The molecule has 1 unspecified atom stereocenters. The molecule has 1 atom stereocenters. The van der Waals surface area contributed by atoms with Gasteiger partial charge in [0.2, 0.25) is 0 Å². The molecule has 2 saturated heterocycles. The average Bonchev–Trinajstić information content (AvgIpc) is 2.49. The Morgan fingerprint density at radius 2 is 1.70 bits per heavy atom. The molecule has 2 aliphatic rings. The molecule has 0 saturated carbocycles. The topological polar surface area (TPSA) is 21.8 Å². The van der Waals surface area contributed by atoms with E-state index in [1.165, 1.54) is 6.42 Å². The van der Waals surface area contributed by atoms with E-state index in [1.54, 1.807) is 0 Å². The van der Waals surface area contributed by atoms with Gasteiger partial charge in [-0.2, -0.15) is 0 Å². The third-order valence-corrected chi connectivity index (χ3v) is 1.70. The van der Waals surface area contributed by atoms with E-state index in [9.17, 15) is 0 Å². The van der Waals surface area contributed by atoms with Gasteiger partial charge in [-0.05, 0) is 27.2 Å². The standard InChI is InChI=1S/C5H10O.C3H6O/c1-5(2)3-4-6-5;1-3-2-4-3/h3-4H2,1-2H3;3H,2H2,1H3. The van der Waals surface area contributed by atoms with E-state index >= 15 is 0 Å². The van der Waals surface area contributed by atoms with Crippen molar-refractivity contribution in [1.82, 2.24) is 0 Å². The summed E-state index contributed by atoms with van der Waals surface area (Å²) >= 11 is 0. The van der Waals surface area contributed by atoms with Crippen LogP contribution in [0.3, 0.4) is 0 Å². The summed E-state index contributed by atoms with van der Waals surface area (Å²) in [5.41, 5.74) is 0.222. The van der Waals surface area contributed by atoms with Crippen LogP contribution in [0.25, 0.3) is 0 Å². The van der Waals surface area contributed by atoms with Crippen molar-refractivity contribution >= 4 is 0 Å². The summed E-state index contributed by atoms with van der Waals surface area (Å²) < 4.78 is 9.83. The Balaban J connectivity index is 0.000000108. The molecule has 0 bridgehead atoms.